The molecule has 0 bridgehead atoms. The maximum absolute atomic E-state index is 11.9. The lowest BCUT2D eigenvalue weighted by atomic mass is 10.7. The van der Waals surface area contributed by atoms with Crippen LogP contribution in [0.5, 0.6) is 0 Å². The Morgan fingerprint density at radius 3 is 2.75 bits per heavy atom. The van der Waals surface area contributed by atoms with E-state index in [1.807, 2.05) is 0 Å². The number of anilines is 1. The number of aromatic nitrogens is 2. The van der Waals surface area contributed by atoms with Crippen molar-refractivity contribution >= 4 is 5.95 Å². The molecule has 1 heterocycles. The van der Waals surface area contributed by atoms with E-state index in [9.17, 15) is 4.39 Å². The van der Waals surface area contributed by atoms with Crippen LogP contribution >= 0.6 is 0 Å². The molecule has 0 fully saturated rings. The number of nitrogen functional groups attached to an aromatic ring is 1. The molecule has 4 heteroatoms. The molecule has 42 valence electrons. The molecule has 0 amide bonds. The van der Waals surface area contributed by atoms with E-state index in [0.717, 1.165) is 6.07 Å². The molecule has 1 aromatic heterocycles. The Balaban J connectivity index is 3.08. The molecule has 0 aliphatic heterocycles. The highest BCUT2D eigenvalue weighted by Gasteiger charge is 1.88. The highest BCUT2D eigenvalue weighted by atomic mass is 19.1. The summed E-state index contributed by atoms with van der Waals surface area (Å²) in [5, 5.41) is 0. The molecule has 0 aromatic carbocycles. The quantitative estimate of drug-likeness (QED) is 0.489. The van der Waals surface area contributed by atoms with Gasteiger partial charge in [0.25, 0.3) is 0 Å². The van der Waals surface area contributed by atoms with Crippen molar-refractivity contribution in [2.45, 2.75) is 0 Å². The summed E-state index contributed by atoms with van der Waals surface area (Å²) in [4.78, 5) is 6.64. The van der Waals surface area contributed by atoms with Crippen molar-refractivity contribution < 1.29 is 4.39 Å². The van der Waals surface area contributed by atoms with Crippen molar-refractivity contribution in [3.8, 4) is 0 Å². The molecule has 2 N–H and O–H groups in total. The van der Waals surface area contributed by atoms with E-state index in [1.165, 1.54) is 6.20 Å². The van der Waals surface area contributed by atoms with Crippen LogP contribution in [0.3, 0.4) is 0 Å². The van der Waals surface area contributed by atoms with Gasteiger partial charge in [0.1, 0.15) is 0 Å². The Morgan fingerprint density at radius 2 is 2.38 bits per heavy atom. The number of nitrogens with zero attached hydrogens (tertiary/aromatic N) is 2. The summed E-state index contributed by atoms with van der Waals surface area (Å²) in [6.45, 7) is 0. The van der Waals surface area contributed by atoms with Gasteiger partial charge >= 0.3 is 0 Å². The minimum absolute atomic E-state index is 0.0370. The van der Waals surface area contributed by atoms with E-state index in [0.29, 0.717) is 0 Å². The second kappa shape index (κ2) is 1.73. The van der Waals surface area contributed by atoms with Crippen molar-refractivity contribution in [3.05, 3.63) is 18.2 Å². The van der Waals surface area contributed by atoms with Gasteiger partial charge in [-0.3, -0.25) is 0 Å². The zero-order valence-corrected chi connectivity index (χ0v) is 4.00. The summed E-state index contributed by atoms with van der Waals surface area (Å²) in [7, 11) is 0. The van der Waals surface area contributed by atoms with Crippen LogP contribution in [-0.4, -0.2) is 9.97 Å². The van der Waals surface area contributed by atoms with Crippen LogP contribution in [0.1, 0.15) is 0 Å². The maximum atomic E-state index is 11.9. The highest BCUT2D eigenvalue weighted by molar-refractivity contribution is 5.12. The molecule has 0 radical (unpaired) electrons. The van der Waals surface area contributed by atoms with Gasteiger partial charge in [-0.05, 0) is 0 Å². The number of nitrogens with two attached hydrogens (primary N) is 1. The predicted octanol–water partition coefficient (Wildman–Crippen LogP) is 0.198. The van der Waals surface area contributed by atoms with Gasteiger partial charge in [0.15, 0.2) is 0 Å². The number of rotatable bonds is 0. The fourth-order valence-corrected chi connectivity index (χ4v) is 0.351. The summed E-state index contributed by atoms with van der Waals surface area (Å²) in [6.07, 6.45) is 1.26. The zero-order chi connectivity index (χ0) is 5.98. The van der Waals surface area contributed by atoms with Crippen LogP contribution in [0.15, 0.2) is 12.3 Å². The minimum Gasteiger partial charge on any atom is -0.368 e. The average Bonchev–Trinajstić information content (AvgIpc) is 1.64. The van der Waals surface area contributed by atoms with Crippen LogP contribution in [0.25, 0.3) is 0 Å². The zero-order valence-electron chi connectivity index (χ0n) is 4.00. The van der Waals surface area contributed by atoms with Crippen LogP contribution < -0.4 is 5.73 Å². The lowest BCUT2D eigenvalue weighted by Gasteiger charge is -1.86. The Bertz CT molecular complexity index is 171. The molecule has 0 atom stereocenters. The summed E-state index contributed by atoms with van der Waals surface area (Å²) >= 11 is 0. The van der Waals surface area contributed by atoms with Gasteiger partial charge in [-0.15, -0.1) is 0 Å². The summed E-state index contributed by atoms with van der Waals surface area (Å²) in [5.74, 6) is -0.637. The van der Waals surface area contributed by atoms with Crippen LogP contribution in [0, 0.1) is 5.95 Å². The van der Waals surface area contributed by atoms with E-state index in [1.54, 1.807) is 0 Å². The third-order valence-corrected chi connectivity index (χ3v) is 0.640. The van der Waals surface area contributed by atoms with Gasteiger partial charge in [-0.25, -0.2) is 4.98 Å². The Morgan fingerprint density at radius 1 is 1.62 bits per heavy atom. The van der Waals surface area contributed by atoms with E-state index in [2.05, 4.69) is 9.97 Å². The van der Waals surface area contributed by atoms with Crippen LogP contribution in [-0.2, 0) is 0 Å². The molecule has 8 heavy (non-hydrogen) atoms. The van der Waals surface area contributed by atoms with E-state index >= 15 is 0 Å². The Hall–Kier alpha value is -1.19. The summed E-state index contributed by atoms with van der Waals surface area (Å²) in [5.41, 5.74) is 5.00. The second-order valence-corrected chi connectivity index (χ2v) is 1.24. The van der Waals surface area contributed by atoms with Gasteiger partial charge in [0, 0.05) is 12.3 Å². The first kappa shape index (κ1) is 4.96. The fourth-order valence-electron chi connectivity index (χ4n) is 0.351. The van der Waals surface area contributed by atoms with Gasteiger partial charge in [-0.1, -0.05) is 0 Å². The molecule has 1 rings (SSSR count). The minimum atomic E-state index is -0.600. The normalized spacial score (nSPS) is 9.12. The topological polar surface area (TPSA) is 51.8 Å². The van der Waals surface area contributed by atoms with Gasteiger partial charge in [0.05, 0.1) is 0 Å². The molecule has 3 nitrogen and oxygen atoms in total. The van der Waals surface area contributed by atoms with E-state index < -0.39 is 5.95 Å². The molecule has 0 unspecified atom stereocenters. The van der Waals surface area contributed by atoms with Crippen LogP contribution in [0.2, 0.25) is 0 Å². The van der Waals surface area contributed by atoms with E-state index in [-0.39, 0.29) is 5.95 Å². The molecule has 1 aromatic rings. The van der Waals surface area contributed by atoms with Crippen LogP contribution in [0.4, 0.5) is 10.3 Å². The first-order chi connectivity index (χ1) is 3.79. The smallest absolute Gasteiger partial charge is 0.222 e. The van der Waals surface area contributed by atoms with Crippen molar-refractivity contribution in [1.29, 1.82) is 0 Å². The Kier molecular flexibility index (Phi) is 1.07. The molecular weight excluding hydrogens is 109 g/mol. The van der Waals surface area contributed by atoms with E-state index in [4.69, 9.17) is 5.73 Å². The second-order valence-electron chi connectivity index (χ2n) is 1.24. The molecule has 0 spiro atoms. The van der Waals surface area contributed by atoms with Gasteiger partial charge < -0.3 is 5.73 Å². The van der Waals surface area contributed by atoms with Crippen molar-refractivity contribution in [2.75, 3.05) is 5.73 Å². The SMILES string of the molecule is Nc1nccc(F)n1. The predicted molar refractivity (Wildman–Crippen MR) is 26.4 cm³/mol. The first-order valence-electron chi connectivity index (χ1n) is 2.03. The third-order valence-electron chi connectivity index (χ3n) is 0.640. The molecule has 0 aliphatic carbocycles. The average molecular weight is 113 g/mol. The molecule has 0 saturated heterocycles. The maximum Gasteiger partial charge on any atom is 0.222 e. The highest BCUT2D eigenvalue weighted by Crippen LogP contribution is 1.90. The van der Waals surface area contributed by atoms with Gasteiger partial charge in [0.2, 0.25) is 11.9 Å². The monoisotopic (exact) mass is 113 g/mol. The third kappa shape index (κ3) is 0.900. The summed E-state index contributed by atoms with van der Waals surface area (Å²) in [6, 6.07) is 1.14. The van der Waals surface area contributed by atoms with Crippen molar-refractivity contribution in [3.63, 3.8) is 0 Å². The van der Waals surface area contributed by atoms with Gasteiger partial charge in [-0.2, -0.15) is 9.37 Å². The van der Waals surface area contributed by atoms with Crippen molar-refractivity contribution in [2.24, 2.45) is 0 Å². The first-order valence-corrected chi connectivity index (χ1v) is 2.03. The number of hydrogen-bond acceptors (Lipinski definition) is 3. The lowest BCUT2D eigenvalue weighted by molar-refractivity contribution is 0.582. The Labute approximate surface area is 45.4 Å². The number of hydrogen-bond donors (Lipinski definition) is 1. The standard InChI is InChI=1S/C4H4FN3/c5-3-1-2-7-4(6)8-3/h1-2H,(H2,6,7,8). The fraction of sp³-hybridized carbons (Fsp3) is 0. The lowest BCUT2D eigenvalue weighted by Crippen LogP contribution is -1.94. The molecule has 0 saturated carbocycles. The van der Waals surface area contributed by atoms with Crippen molar-refractivity contribution in [1.82, 2.24) is 9.97 Å². The molecule has 0 aliphatic rings. The largest absolute Gasteiger partial charge is 0.368 e. The molecular formula is C4H4FN3. The summed E-state index contributed by atoms with van der Waals surface area (Å²) < 4.78 is 11.9. The number of halogens is 1.